The van der Waals surface area contributed by atoms with Gasteiger partial charge < -0.3 is 16.2 Å². The lowest BCUT2D eigenvalue weighted by atomic mass is 10.1. The first-order valence-corrected chi connectivity index (χ1v) is 5.82. The Morgan fingerprint density at radius 3 is 2.10 bits per heavy atom. The summed E-state index contributed by atoms with van der Waals surface area (Å²) in [7, 11) is 0. The number of benzene rings is 2. The zero-order chi connectivity index (χ0) is 15.6. The van der Waals surface area contributed by atoms with Crippen LogP contribution in [0.1, 0.15) is 15.9 Å². The summed E-state index contributed by atoms with van der Waals surface area (Å²) in [6.45, 7) is 0. The standard InChI is InChI=1S/C14H11F3N2O2/c15-14(16,17)8-1-3-9(4-2-8)21-10-5-6-12(18)11(7-10)13(19)20/h1-7H,18H2,(H2,19,20). The van der Waals surface area contributed by atoms with Crippen molar-refractivity contribution in [2.75, 3.05) is 5.73 Å². The Morgan fingerprint density at radius 2 is 1.57 bits per heavy atom. The van der Waals surface area contributed by atoms with Gasteiger partial charge >= 0.3 is 6.18 Å². The second-order valence-electron chi connectivity index (χ2n) is 4.24. The Hall–Kier alpha value is -2.70. The van der Waals surface area contributed by atoms with Gasteiger partial charge in [-0.25, -0.2) is 0 Å². The Labute approximate surface area is 118 Å². The van der Waals surface area contributed by atoms with Crippen LogP contribution in [0.15, 0.2) is 42.5 Å². The van der Waals surface area contributed by atoms with Crippen LogP contribution < -0.4 is 16.2 Å². The molecule has 0 aliphatic heterocycles. The molecule has 4 nitrogen and oxygen atoms in total. The average molecular weight is 296 g/mol. The first kappa shape index (κ1) is 14.7. The Bertz CT molecular complexity index is 667. The van der Waals surface area contributed by atoms with Crippen LogP contribution in [0.4, 0.5) is 18.9 Å². The van der Waals surface area contributed by atoms with Crippen molar-refractivity contribution in [1.29, 1.82) is 0 Å². The molecule has 21 heavy (non-hydrogen) atoms. The third-order valence-electron chi connectivity index (χ3n) is 2.71. The number of ether oxygens (including phenoxy) is 1. The third-order valence-corrected chi connectivity index (χ3v) is 2.71. The predicted molar refractivity (Wildman–Crippen MR) is 70.9 cm³/mol. The van der Waals surface area contributed by atoms with Crippen LogP contribution in [0.5, 0.6) is 11.5 Å². The predicted octanol–water partition coefficient (Wildman–Crippen LogP) is 3.18. The van der Waals surface area contributed by atoms with Crippen molar-refractivity contribution in [1.82, 2.24) is 0 Å². The molecule has 0 unspecified atom stereocenters. The van der Waals surface area contributed by atoms with Gasteiger partial charge in [-0.3, -0.25) is 4.79 Å². The molecule has 0 radical (unpaired) electrons. The van der Waals surface area contributed by atoms with E-state index in [1.165, 1.54) is 30.3 Å². The van der Waals surface area contributed by atoms with Crippen molar-refractivity contribution in [3.63, 3.8) is 0 Å². The van der Waals surface area contributed by atoms with E-state index < -0.39 is 17.6 Å². The van der Waals surface area contributed by atoms with E-state index >= 15 is 0 Å². The average Bonchev–Trinajstić information content (AvgIpc) is 2.40. The van der Waals surface area contributed by atoms with Crippen molar-refractivity contribution >= 4 is 11.6 Å². The minimum absolute atomic E-state index is 0.0828. The second kappa shape index (κ2) is 5.35. The van der Waals surface area contributed by atoms with Crippen LogP contribution in [-0.4, -0.2) is 5.91 Å². The highest BCUT2D eigenvalue weighted by molar-refractivity contribution is 5.98. The van der Waals surface area contributed by atoms with Gasteiger partial charge in [0.1, 0.15) is 11.5 Å². The first-order chi connectivity index (χ1) is 9.77. The number of hydrogen-bond acceptors (Lipinski definition) is 3. The van der Waals surface area contributed by atoms with E-state index in [-0.39, 0.29) is 22.7 Å². The lowest BCUT2D eigenvalue weighted by molar-refractivity contribution is -0.137. The number of alkyl halides is 3. The van der Waals surface area contributed by atoms with Crippen molar-refractivity contribution in [2.45, 2.75) is 6.18 Å². The van der Waals surface area contributed by atoms with Crippen molar-refractivity contribution in [3.8, 4) is 11.5 Å². The maximum Gasteiger partial charge on any atom is 0.416 e. The van der Waals surface area contributed by atoms with Crippen LogP contribution in [0, 0.1) is 0 Å². The molecule has 0 bridgehead atoms. The molecule has 0 aliphatic rings. The number of nitrogen functional groups attached to an aromatic ring is 1. The maximum absolute atomic E-state index is 12.4. The van der Waals surface area contributed by atoms with E-state index in [2.05, 4.69) is 0 Å². The molecule has 4 N–H and O–H groups in total. The zero-order valence-electron chi connectivity index (χ0n) is 10.6. The number of halogens is 3. The minimum atomic E-state index is -4.40. The van der Waals surface area contributed by atoms with Gasteiger partial charge in [-0.1, -0.05) is 0 Å². The zero-order valence-corrected chi connectivity index (χ0v) is 10.6. The number of carbonyl (C=O) groups is 1. The van der Waals surface area contributed by atoms with Crippen LogP contribution in [0.25, 0.3) is 0 Å². The number of rotatable bonds is 3. The quantitative estimate of drug-likeness (QED) is 0.854. The van der Waals surface area contributed by atoms with Crippen LogP contribution in [0.3, 0.4) is 0 Å². The first-order valence-electron chi connectivity index (χ1n) is 5.82. The van der Waals surface area contributed by atoms with Crippen molar-refractivity contribution < 1.29 is 22.7 Å². The summed E-state index contributed by atoms with van der Waals surface area (Å²) in [6, 6.07) is 8.42. The highest BCUT2D eigenvalue weighted by Crippen LogP contribution is 2.31. The summed E-state index contributed by atoms with van der Waals surface area (Å²) < 4.78 is 42.6. The Balaban J connectivity index is 2.22. The van der Waals surface area contributed by atoms with Gasteiger partial charge in [0.2, 0.25) is 0 Å². The molecule has 0 fully saturated rings. The molecule has 2 aromatic rings. The second-order valence-corrected chi connectivity index (χ2v) is 4.24. The normalized spacial score (nSPS) is 11.2. The van der Waals surface area contributed by atoms with Gasteiger partial charge in [-0.2, -0.15) is 13.2 Å². The minimum Gasteiger partial charge on any atom is -0.457 e. The number of amides is 1. The van der Waals surface area contributed by atoms with Gasteiger partial charge in [0.15, 0.2) is 0 Å². The van der Waals surface area contributed by atoms with Crippen LogP contribution in [-0.2, 0) is 6.18 Å². The topological polar surface area (TPSA) is 78.3 Å². The van der Waals surface area contributed by atoms with E-state index in [0.29, 0.717) is 0 Å². The lowest BCUT2D eigenvalue weighted by Gasteiger charge is -2.10. The van der Waals surface area contributed by atoms with Gasteiger partial charge in [-0.15, -0.1) is 0 Å². The van der Waals surface area contributed by atoms with Gasteiger partial charge in [0.25, 0.3) is 5.91 Å². The molecule has 0 aromatic heterocycles. The maximum atomic E-state index is 12.4. The number of anilines is 1. The van der Waals surface area contributed by atoms with E-state index in [0.717, 1.165) is 12.1 Å². The molecule has 2 aromatic carbocycles. The number of hydrogen-bond donors (Lipinski definition) is 2. The molecule has 0 spiro atoms. The van der Waals surface area contributed by atoms with Crippen LogP contribution in [0.2, 0.25) is 0 Å². The summed E-state index contributed by atoms with van der Waals surface area (Å²) in [6.07, 6.45) is -4.40. The highest BCUT2D eigenvalue weighted by atomic mass is 19.4. The lowest BCUT2D eigenvalue weighted by Crippen LogP contribution is -2.13. The molecule has 7 heteroatoms. The third kappa shape index (κ3) is 3.44. The molecule has 0 aliphatic carbocycles. The van der Waals surface area contributed by atoms with Crippen LogP contribution >= 0.6 is 0 Å². The van der Waals surface area contributed by atoms with E-state index in [1.807, 2.05) is 0 Å². The summed E-state index contributed by atoms with van der Waals surface area (Å²) in [5, 5.41) is 0. The molecule has 0 saturated heterocycles. The summed E-state index contributed by atoms with van der Waals surface area (Å²) in [5.41, 5.74) is 10.2. The van der Waals surface area contributed by atoms with Crippen molar-refractivity contribution in [3.05, 3.63) is 53.6 Å². The van der Waals surface area contributed by atoms with Gasteiger partial charge in [0.05, 0.1) is 11.1 Å². The summed E-state index contributed by atoms with van der Waals surface area (Å²) in [4.78, 5) is 11.1. The van der Waals surface area contributed by atoms with E-state index in [1.54, 1.807) is 0 Å². The van der Waals surface area contributed by atoms with E-state index in [4.69, 9.17) is 16.2 Å². The smallest absolute Gasteiger partial charge is 0.416 e. The molecule has 110 valence electrons. The van der Waals surface area contributed by atoms with Gasteiger partial charge in [-0.05, 0) is 42.5 Å². The fourth-order valence-corrected chi connectivity index (χ4v) is 1.66. The molecular weight excluding hydrogens is 285 g/mol. The molecule has 1 amide bonds. The summed E-state index contributed by atoms with van der Waals surface area (Å²) in [5.74, 6) is -0.272. The van der Waals surface area contributed by atoms with E-state index in [9.17, 15) is 18.0 Å². The number of nitrogens with two attached hydrogens (primary N) is 2. The number of primary amides is 1. The molecule has 0 saturated carbocycles. The number of carbonyl (C=O) groups excluding carboxylic acids is 1. The molecule has 0 atom stereocenters. The monoisotopic (exact) mass is 296 g/mol. The SMILES string of the molecule is NC(=O)c1cc(Oc2ccc(C(F)(F)F)cc2)ccc1N. The molecule has 2 rings (SSSR count). The Morgan fingerprint density at radius 1 is 1.00 bits per heavy atom. The molecule has 0 heterocycles. The largest absolute Gasteiger partial charge is 0.457 e. The highest BCUT2D eigenvalue weighted by Gasteiger charge is 2.30. The fourth-order valence-electron chi connectivity index (χ4n) is 1.66. The molecular formula is C14H11F3N2O2. The fraction of sp³-hybridized carbons (Fsp3) is 0.0714. The summed E-state index contributed by atoms with van der Waals surface area (Å²) >= 11 is 0. The van der Waals surface area contributed by atoms with Gasteiger partial charge in [0, 0.05) is 5.69 Å². The van der Waals surface area contributed by atoms with Crippen molar-refractivity contribution in [2.24, 2.45) is 5.73 Å². The Kier molecular flexibility index (Phi) is 3.75.